The van der Waals surface area contributed by atoms with Crippen molar-refractivity contribution in [2.24, 2.45) is 0 Å². The van der Waals surface area contributed by atoms with Crippen molar-refractivity contribution < 1.29 is 0 Å². The third-order valence-corrected chi connectivity index (χ3v) is 3.07. The number of aryl methyl sites for hydroxylation is 1. The summed E-state index contributed by atoms with van der Waals surface area (Å²) in [5.41, 5.74) is 3.64. The van der Waals surface area contributed by atoms with E-state index < -0.39 is 0 Å². The Bertz CT molecular complexity index is 465. The predicted octanol–water partition coefficient (Wildman–Crippen LogP) is 2.89. The molecule has 0 radical (unpaired) electrons. The van der Waals surface area contributed by atoms with E-state index >= 15 is 0 Å². The van der Waals surface area contributed by atoms with Gasteiger partial charge in [-0.25, -0.2) is 0 Å². The van der Waals surface area contributed by atoms with E-state index in [1.165, 1.54) is 11.1 Å². The standard InChI is InChI=1S/C15H19N3/c1-3-13-4-6-14(7-5-13)10-18-12(2)15-11-16-8-9-17-15/h4-9,11-12,18H,3,10H2,1-2H3. The molecule has 3 nitrogen and oxygen atoms in total. The number of benzene rings is 1. The lowest BCUT2D eigenvalue weighted by molar-refractivity contribution is 0.559. The van der Waals surface area contributed by atoms with E-state index in [0.717, 1.165) is 18.7 Å². The summed E-state index contributed by atoms with van der Waals surface area (Å²) >= 11 is 0. The van der Waals surface area contributed by atoms with E-state index in [0.29, 0.717) is 0 Å². The summed E-state index contributed by atoms with van der Waals surface area (Å²) < 4.78 is 0. The topological polar surface area (TPSA) is 37.8 Å². The second-order valence-corrected chi connectivity index (χ2v) is 4.40. The van der Waals surface area contributed by atoms with Gasteiger partial charge in [-0.15, -0.1) is 0 Å². The van der Waals surface area contributed by atoms with Crippen molar-refractivity contribution in [1.82, 2.24) is 15.3 Å². The second kappa shape index (κ2) is 6.26. The third kappa shape index (κ3) is 3.37. The first kappa shape index (κ1) is 12.7. The number of nitrogens with one attached hydrogen (secondary N) is 1. The van der Waals surface area contributed by atoms with Gasteiger partial charge >= 0.3 is 0 Å². The highest BCUT2D eigenvalue weighted by Gasteiger charge is 2.05. The lowest BCUT2D eigenvalue weighted by atomic mass is 10.1. The van der Waals surface area contributed by atoms with Crippen molar-refractivity contribution in [3.05, 3.63) is 59.7 Å². The average molecular weight is 241 g/mol. The largest absolute Gasteiger partial charge is 0.305 e. The molecule has 1 atom stereocenters. The molecule has 1 unspecified atom stereocenters. The number of aromatic nitrogens is 2. The van der Waals surface area contributed by atoms with Gasteiger partial charge in [0.2, 0.25) is 0 Å². The molecule has 0 aliphatic carbocycles. The smallest absolute Gasteiger partial charge is 0.0753 e. The summed E-state index contributed by atoms with van der Waals surface area (Å²) in [6.45, 7) is 5.12. The van der Waals surface area contributed by atoms with Gasteiger partial charge in [0.05, 0.1) is 5.69 Å². The first-order valence-corrected chi connectivity index (χ1v) is 6.36. The molecule has 94 valence electrons. The summed E-state index contributed by atoms with van der Waals surface area (Å²) in [4.78, 5) is 8.37. The van der Waals surface area contributed by atoms with E-state index in [2.05, 4.69) is 53.4 Å². The molecule has 1 aromatic heterocycles. The molecule has 0 aliphatic heterocycles. The maximum absolute atomic E-state index is 4.29. The van der Waals surface area contributed by atoms with Crippen LogP contribution in [0.5, 0.6) is 0 Å². The van der Waals surface area contributed by atoms with Gasteiger partial charge in [-0.05, 0) is 24.5 Å². The van der Waals surface area contributed by atoms with Crippen LogP contribution in [-0.2, 0) is 13.0 Å². The molecule has 1 aromatic carbocycles. The van der Waals surface area contributed by atoms with Crippen LogP contribution < -0.4 is 5.32 Å². The minimum atomic E-state index is 0.213. The molecule has 0 fully saturated rings. The highest BCUT2D eigenvalue weighted by Crippen LogP contribution is 2.09. The van der Waals surface area contributed by atoms with Gasteiger partial charge in [-0.2, -0.15) is 0 Å². The SMILES string of the molecule is CCc1ccc(CNC(C)c2cnccn2)cc1. The molecule has 0 amide bonds. The van der Waals surface area contributed by atoms with Gasteiger partial charge in [0.25, 0.3) is 0 Å². The molecule has 1 N–H and O–H groups in total. The number of hydrogen-bond acceptors (Lipinski definition) is 3. The van der Waals surface area contributed by atoms with Gasteiger partial charge < -0.3 is 5.32 Å². The van der Waals surface area contributed by atoms with Gasteiger partial charge in [-0.1, -0.05) is 31.2 Å². The maximum Gasteiger partial charge on any atom is 0.0753 e. The summed E-state index contributed by atoms with van der Waals surface area (Å²) in [6, 6.07) is 8.93. The monoisotopic (exact) mass is 241 g/mol. The third-order valence-electron chi connectivity index (χ3n) is 3.07. The number of rotatable bonds is 5. The summed E-state index contributed by atoms with van der Waals surface area (Å²) in [5.74, 6) is 0. The molecule has 2 aromatic rings. The van der Waals surface area contributed by atoms with Crippen LogP contribution >= 0.6 is 0 Å². The zero-order valence-electron chi connectivity index (χ0n) is 10.9. The van der Waals surface area contributed by atoms with E-state index in [1.54, 1.807) is 18.6 Å². The van der Waals surface area contributed by atoms with Crippen molar-refractivity contribution in [3.8, 4) is 0 Å². The fraction of sp³-hybridized carbons (Fsp3) is 0.333. The molecule has 0 saturated heterocycles. The van der Waals surface area contributed by atoms with Crippen LogP contribution in [0.4, 0.5) is 0 Å². The summed E-state index contributed by atoms with van der Waals surface area (Å²) in [5, 5.41) is 3.45. The molecular weight excluding hydrogens is 222 g/mol. The highest BCUT2D eigenvalue weighted by molar-refractivity contribution is 5.22. The van der Waals surface area contributed by atoms with E-state index in [-0.39, 0.29) is 6.04 Å². The first-order valence-electron chi connectivity index (χ1n) is 6.36. The Balaban J connectivity index is 1.91. The van der Waals surface area contributed by atoms with Crippen molar-refractivity contribution in [3.63, 3.8) is 0 Å². The minimum Gasteiger partial charge on any atom is -0.305 e. The van der Waals surface area contributed by atoms with Crippen LogP contribution in [0.2, 0.25) is 0 Å². The molecular formula is C15H19N3. The molecule has 3 heteroatoms. The second-order valence-electron chi connectivity index (χ2n) is 4.40. The molecule has 1 heterocycles. The molecule has 0 spiro atoms. The van der Waals surface area contributed by atoms with Gasteiger partial charge in [0, 0.05) is 31.2 Å². The van der Waals surface area contributed by atoms with Crippen molar-refractivity contribution in [2.45, 2.75) is 32.9 Å². The van der Waals surface area contributed by atoms with Crippen molar-refractivity contribution >= 4 is 0 Å². The number of nitrogens with zero attached hydrogens (tertiary/aromatic N) is 2. The number of hydrogen-bond donors (Lipinski definition) is 1. The zero-order chi connectivity index (χ0) is 12.8. The molecule has 0 aliphatic rings. The summed E-state index contributed by atoms with van der Waals surface area (Å²) in [6.07, 6.45) is 6.31. The van der Waals surface area contributed by atoms with E-state index in [4.69, 9.17) is 0 Å². The first-order chi connectivity index (χ1) is 8.79. The Morgan fingerprint density at radius 1 is 1.11 bits per heavy atom. The van der Waals surface area contributed by atoms with Crippen molar-refractivity contribution in [2.75, 3.05) is 0 Å². The highest BCUT2D eigenvalue weighted by atomic mass is 14.9. The Morgan fingerprint density at radius 2 is 1.83 bits per heavy atom. The van der Waals surface area contributed by atoms with Crippen LogP contribution in [0.15, 0.2) is 42.9 Å². The van der Waals surface area contributed by atoms with E-state index in [1.807, 2.05) is 0 Å². The van der Waals surface area contributed by atoms with Crippen molar-refractivity contribution in [1.29, 1.82) is 0 Å². The maximum atomic E-state index is 4.29. The predicted molar refractivity (Wildman–Crippen MR) is 73.1 cm³/mol. The Morgan fingerprint density at radius 3 is 2.44 bits per heavy atom. The van der Waals surface area contributed by atoms with Crippen LogP contribution in [-0.4, -0.2) is 9.97 Å². The average Bonchev–Trinajstić information content (AvgIpc) is 2.46. The quantitative estimate of drug-likeness (QED) is 0.874. The molecule has 18 heavy (non-hydrogen) atoms. The van der Waals surface area contributed by atoms with Gasteiger partial charge in [0.1, 0.15) is 0 Å². The van der Waals surface area contributed by atoms with Crippen LogP contribution in [0, 0.1) is 0 Å². The van der Waals surface area contributed by atoms with E-state index in [9.17, 15) is 0 Å². The van der Waals surface area contributed by atoms with Gasteiger partial charge in [0.15, 0.2) is 0 Å². The zero-order valence-corrected chi connectivity index (χ0v) is 10.9. The lowest BCUT2D eigenvalue weighted by Crippen LogP contribution is -2.19. The minimum absolute atomic E-state index is 0.213. The lowest BCUT2D eigenvalue weighted by Gasteiger charge is -2.12. The molecule has 2 rings (SSSR count). The fourth-order valence-electron chi connectivity index (χ4n) is 1.80. The van der Waals surface area contributed by atoms with Crippen LogP contribution in [0.1, 0.15) is 36.7 Å². The van der Waals surface area contributed by atoms with Crippen LogP contribution in [0.3, 0.4) is 0 Å². The normalized spacial score (nSPS) is 12.3. The Kier molecular flexibility index (Phi) is 4.42. The Hall–Kier alpha value is -1.74. The van der Waals surface area contributed by atoms with Gasteiger partial charge in [-0.3, -0.25) is 9.97 Å². The summed E-state index contributed by atoms with van der Waals surface area (Å²) in [7, 11) is 0. The van der Waals surface area contributed by atoms with Crippen LogP contribution in [0.25, 0.3) is 0 Å². The fourth-order valence-corrected chi connectivity index (χ4v) is 1.80. The molecule has 0 saturated carbocycles. The Labute approximate surface area is 108 Å². The molecule has 0 bridgehead atoms.